The highest BCUT2D eigenvalue weighted by Crippen LogP contribution is 2.23. The summed E-state index contributed by atoms with van der Waals surface area (Å²) in [6.45, 7) is 2.09. The van der Waals surface area contributed by atoms with Gasteiger partial charge in [0.05, 0.1) is 11.2 Å². The van der Waals surface area contributed by atoms with Gasteiger partial charge in [-0.2, -0.15) is 0 Å². The molecule has 0 saturated heterocycles. The molecule has 8 nitrogen and oxygen atoms in total. The molecular weight excluding hydrogens is 412 g/mol. The third-order valence-electron chi connectivity index (χ3n) is 3.89. The molecule has 0 rings (SSSR count). The van der Waals surface area contributed by atoms with E-state index in [1.807, 2.05) is 0 Å². The van der Waals surface area contributed by atoms with Gasteiger partial charge in [-0.25, -0.2) is 0 Å². The van der Waals surface area contributed by atoms with E-state index in [0.29, 0.717) is 60.5 Å². The first-order valence-corrected chi connectivity index (χ1v) is 11.4. The molecule has 0 spiro atoms. The van der Waals surface area contributed by atoms with Gasteiger partial charge in [0.15, 0.2) is 0 Å². The summed E-state index contributed by atoms with van der Waals surface area (Å²) in [5.41, 5.74) is 20.2. The molecule has 2 unspecified atom stereocenters. The first kappa shape index (κ1) is 26.2. The van der Waals surface area contributed by atoms with Crippen LogP contribution < -0.4 is 33.6 Å². The Hall–Kier alpha value is 0.240. The van der Waals surface area contributed by atoms with Gasteiger partial charge in [-0.3, -0.25) is 0 Å². The lowest BCUT2D eigenvalue weighted by atomic mass is 9.96. The third kappa shape index (κ3) is 11.8. The summed E-state index contributed by atoms with van der Waals surface area (Å²) >= 11 is 10.4. The number of thiocarbonyl (C=S) groups is 2. The van der Waals surface area contributed by atoms with Crippen LogP contribution in [0.25, 0.3) is 0 Å². The van der Waals surface area contributed by atoms with Crippen LogP contribution in [0, 0.1) is 0 Å². The van der Waals surface area contributed by atoms with Crippen molar-refractivity contribution in [1.82, 2.24) is 10.6 Å². The standard InChI is InChI=1S/C14H32N6O2S4/c15-5-1-13(21,9-17)3-7-19-11(23)25-26-12(24)20-8-4-14(22,10-18)2-6-16/h21-22H,1-10,15-18H2,(H,19,23)(H,20,24). The molecule has 0 radical (unpaired) electrons. The van der Waals surface area contributed by atoms with Crippen LogP contribution in [0.3, 0.4) is 0 Å². The molecule has 0 fully saturated rings. The van der Waals surface area contributed by atoms with Gasteiger partial charge in [-0.1, -0.05) is 24.4 Å². The Labute approximate surface area is 174 Å². The first-order valence-electron chi connectivity index (χ1n) is 8.39. The van der Waals surface area contributed by atoms with Crippen LogP contribution >= 0.6 is 46.0 Å². The molecule has 26 heavy (non-hydrogen) atoms. The maximum absolute atomic E-state index is 10.2. The van der Waals surface area contributed by atoms with E-state index >= 15 is 0 Å². The van der Waals surface area contributed by atoms with Gasteiger partial charge in [-0.05, 0) is 60.4 Å². The lowest BCUT2D eigenvalue weighted by Crippen LogP contribution is -2.42. The fourth-order valence-corrected chi connectivity index (χ4v) is 4.22. The molecule has 0 bridgehead atoms. The zero-order valence-electron chi connectivity index (χ0n) is 14.9. The molecule has 0 aromatic carbocycles. The molecule has 154 valence electrons. The summed E-state index contributed by atoms with van der Waals surface area (Å²) < 4.78 is 1.13. The highest BCUT2D eigenvalue weighted by Gasteiger charge is 2.24. The minimum absolute atomic E-state index is 0.161. The molecule has 0 heterocycles. The summed E-state index contributed by atoms with van der Waals surface area (Å²) in [5, 5.41) is 26.5. The van der Waals surface area contributed by atoms with Crippen molar-refractivity contribution < 1.29 is 10.2 Å². The Bertz CT molecular complexity index is 396. The Morgan fingerprint density at radius 2 is 1.08 bits per heavy atom. The average molecular weight is 445 g/mol. The molecule has 0 aromatic heterocycles. The number of hydrogen-bond acceptors (Lipinski definition) is 10. The summed E-state index contributed by atoms with van der Waals surface area (Å²) in [7, 11) is 2.64. The molecule has 0 aromatic rings. The lowest BCUT2D eigenvalue weighted by molar-refractivity contribution is 0.0351. The molecule has 0 aliphatic carbocycles. The van der Waals surface area contributed by atoms with E-state index < -0.39 is 11.2 Å². The first-order chi connectivity index (χ1) is 12.2. The number of rotatable bonds is 12. The SMILES string of the molecule is NCCC(O)(CN)CCNC(=S)SSC(=S)NCCC(O)(CN)CCN. The van der Waals surface area contributed by atoms with Gasteiger partial charge < -0.3 is 43.8 Å². The lowest BCUT2D eigenvalue weighted by Gasteiger charge is -2.26. The molecule has 0 amide bonds. The van der Waals surface area contributed by atoms with Crippen molar-refractivity contribution >= 4 is 54.7 Å². The third-order valence-corrected chi connectivity index (χ3v) is 7.24. The van der Waals surface area contributed by atoms with Crippen LogP contribution in [0.1, 0.15) is 25.7 Å². The molecular formula is C14H32N6O2S4. The topological polar surface area (TPSA) is 169 Å². The normalized spacial score (nSPS) is 15.8. The van der Waals surface area contributed by atoms with Crippen LogP contribution in [0.4, 0.5) is 0 Å². The largest absolute Gasteiger partial charge is 0.388 e. The van der Waals surface area contributed by atoms with E-state index in [2.05, 4.69) is 10.6 Å². The molecule has 0 aliphatic heterocycles. The predicted molar refractivity (Wildman–Crippen MR) is 121 cm³/mol. The summed E-state index contributed by atoms with van der Waals surface area (Å²) in [6.07, 6.45) is 1.83. The fraction of sp³-hybridized carbons (Fsp3) is 0.857. The minimum Gasteiger partial charge on any atom is -0.388 e. The van der Waals surface area contributed by atoms with E-state index in [1.165, 1.54) is 21.6 Å². The van der Waals surface area contributed by atoms with E-state index in [1.54, 1.807) is 0 Å². The van der Waals surface area contributed by atoms with E-state index in [4.69, 9.17) is 47.4 Å². The predicted octanol–water partition coefficient (Wildman–Crippen LogP) is -1.03. The summed E-state index contributed by atoms with van der Waals surface area (Å²) in [5.74, 6) is 0. The van der Waals surface area contributed by atoms with Crippen molar-refractivity contribution in [3.05, 3.63) is 0 Å². The van der Waals surface area contributed by atoms with Crippen molar-refractivity contribution in [1.29, 1.82) is 0 Å². The number of hydrogen-bond donors (Lipinski definition) is 8. The van der Waals surface area contributed by atoms with Crippen molar-refractivity contribution in [3.63, 3.8) is 0 Å². The van der Waals surface area contributed by atoms with Crippen LogP contribution in [-0.4, -0.2) is 69.3 Å². The number of nitrogens with two attached hydrogens (primary N) is 4. The van der Waals surface area contributed by atoms with Gasteiger partial charge in [-0.15, -0.1) is 0 Å². The van der Waals surface area contributed by atoms with Gasteiger partial charge in [0.2, 0.25) is 0 Å². The van der Waals surface area contributed by atoms with Gasteiger partial charge in [0.1, 0.15) is 8.64 Å². The maximum atomic E-state index is 10.2. The Morgan fingerprint density at radius 3 is 1.35 bits per heavy atom. The van der Waals surface area contributed by atoms with Crippen LogP contribution in [0.2, 0.25) is 0 Å². The average Bonchev–Trinajstić information content (AvgIpc) is 2.60. The minimum atomic E-state index is -0.963. The smallest absolute Gasteiger partial charge is 0.144 e. The second-order valence-corrected chi connectivity index (χ2v) is 9.51. The Morgan fingerprint density at radius 1 is 0.731 bits per heavy atom. The van der Waals surface area contributed by atoms with Crippen molar-refractivity contribution in [2.75, 3.05) is 39.3 Å². The monoisotopic (exact) mass is 444 g/mol. The highest BCUT2D eigenvalue weighted by molar-refractivity contribution is 8.89. The molecule has 12 N–H and O–H groups in total. The number of aliphatic hydroxyl groups is 2. The molecule has 0 aliphatic rings. The quantitative estimate of drug-likeness (QED) is 0.136. The van der Waals surface area contributed by atoms with E-state index in [0.717, 1.165) is 0 Å². The molecule has 0 saturated carbocycles. The Balaban J connectivity index is 3.97. The van der Waals surface area contributed by atoms with Crippen LogP contribution in [0.15, 0.2) is 0 Å². The van der Waals surface area contributed by atoms with Gasteiger partial charge in [0.25, 0.3) is 0 Å². The van der Waals surface area contributed by atoms with Crippen LogP contribution in [0.5, 0.6) is 0 Å². The molecule has 12 heteroatoms. The van der Waals surface area contributed by atoms with E-state index in [-0.39, 0.29) is 13.1 Å². The van der Waals surface area contributed by atoms with Gasteiger partial charge >= 0.3 is 0 Å². The van der Waals surface area contributed by atoms with Gasteiger partial charge in [0, 0.05) is 26.2 Å². The maximum Gasteiger partial charge on any atom is 0.144 e. The second kappa shape index (κ2) is 14.3. The highest BCUT2D eigenvalue weighted by atomic mass is 33.1. The zero-order chi connectivity index (χ0) is 20.1. The van der Waals surface area contributed by atoms with Crippen molar-refractivity contribution in [2.45, 2.75) is 36.9 Å². The number of nitrogens with one attached hydrogen (secondary N) is 2. The van der Waals surface area contributed by atoms with Crippen molar-refractivity contribution in [3.8, 4) is 0 Å². The molecule has 2 atom stereocenters. The summed E-state index contributed by atoms with van der Waals surface area (Å²) in [4.78, 5) is 0. The Kier molecular flexibility index (Phi) is 14.4. The van der Waals surface area contributed by atoms with Crippen LogP contribution in [-0.2, 0) is 0 Å². The zero-order valence-corrected chi connectivity index (χ0v) is 18.2. The summed E-state index contributed by atoms with van der Waals surface area (Å²) in [6, 6.07) is 0. The second-order valence-electron chi connectivity index (χ2n) is 6.03. The fourth-order valence-electron chi connectivity index (χ4n) is 2.12. The van der Waals surface area contributed by atoms with E-state index in [9.17, 15) is 10.2 Å². The van der Waals surface area contributed by atoms with Crippen molar-refractivity contribution in [2.24, 2.45) is 22.9 Å².